The van der Waals surface area contributed by atoms with Gasteiger partial charge in [0, 0.05) is 6.54 Å². The molecule has 0 atom stereocenters. The molecule has 6 heteroatoms. The molecule has 0 unspecified atom stereocenters. The second kappa shape index (κ2) is 5.51. The highest BCUT2D eigenvalue weighted by Crippen LogP contribution is 2.23. The molecule has 0 aliphatic heterocycles. The summed E-state index contributed by atoms with van der Waals surface area (Å²) in [6.45, 7) is 3.16. The Morgan fingerprint density at radius 2 is 2.00 bits per heavy atom. The summed E-state index contributed by atoms with van der Waals surface area (Å²) in [5.74, 6) is -0.999. The van der Waals surface area contributed by atoms with E-state index in [4.69, 9.17) is 0 Å². The maximum atomic E-state index is 12.2. The van der Waals surface area contributed by atoms with E-state index in [1.165, 1.54) is 13.8 Å². The predicted molar refractivity (Wildman–Crippen MR) is 44.4 cm³/mol. The first-order valence-electron chi connectivity index (χ1n) is 4.11. The number of halogens is 3. The molecular weight excluding hydrogens is 199 g/mol. The molecule has 0 aliphatic rings. The number of nitrogens with one attached hydrogen (secondary N) is 1. The Kier molecular flexibility index (Phi) is 5.04. The van der Waals surface area contributed by atoms with E-state index in [0.29, 0.717) is 6.08 Å². The van der Waals surface area contributed by atoms with Crippen LogP contribution in [-0.4, -0.2) is 25.3 Å². The lowest BCUT2D eigenvalue weighted by Gasteiger charge is -2.12. The topological polar surface area (TPSA) is 38.3 Å². The molecule has 0 bridgehead atoms. The smallest absolute Gasteiger partial charge is 0.431 e. The average Bonchev–Trinajstić information content (AvgIpc) is 2.02. The van der Waals surface area contributed by atoms with E-state index in [0.717, 1.165) is 0 Å². The van der Waals surface area contributed by atoms with E-state index in [9.17, 15) is 18.0 Å². The number of esters is 1. The van der Waals surface area contributed by atoms with Gasteiger partial charge in [0.1, 0.15) is 5.70 Å². The van der Waals surface area contributed by atoms with E-state index in [-0.39, 0.29) is 13.2 Å². The largest absolute Gasteiger partial charge is 0.463 e. The number of rotatable bonds is 4. The molecule has 0 aromatic carbocycles. The third kappa shape index (κ3) is 4.74. The molecular formula is C8H12F3NO2. The number of alkyl halides is 3. The van der Waals surface area contributed by atoms with Gasteiger partial charge in [0.25, 0.3) is 0 Å². The van der Waals surface area contributed by atoms with Crippen LogP contribution in [0.5, 0.6) is 0 Å². The van der Waals surface area contributed by atoms with E-state index < -0.39 is 17.8 Å². The minimum atomic E-state index is -4.55. The highest BCUT2D eigenvalue weighted by molar-refractivity contribution is 5.82. The average molecular weight is 211 g/mol. The Hall–Kier alpha value is -1.20. The standard InChI is InChI=1S/C8H12F3NO2/c1-3-12-6(8(9,10)11)5-7(13)14-4-2/h5,12H,3-4H2,1-2H3/b6-5+. The van der Waals surface area contributed by atoms with Gasteiger partial charge in [-0.3, -0.25) is 0 Å². The number of hydrogen-bond donors (Lipinski definition) is 1. The lowest BCUT2D eigenvalue weighted by molar-refractivity contribution is -0.138. The van der Waals surface area contributed by atoms with Gasteiger partial charge in [-0.2, -0.15) is 13.2 Å². The van der Waals surface area contributed by atoms with Crippen molar-refractivity contribution in [3.8, 4) is 0 Å². The van der Waals surface area contributed by atoms with Crippen LogP contribution >= 0.6 is 0 Å². The summed E-state index contributed by atoms with van der Waals surface area (Å²) in [5.41, 5.74) is -1.08. The third-order valence-corrected chi connectivity index (χ3v) is 1.22. The van der Waals surface area contributed by atoms with Gasteiger partial charge in [0.2, 0.25) is 0 Å². The Morgan fingerprint density at radius 1 is 1.43 bits per heavy atom. The molecule has 0 saturated heterocycles. The Labute approximate surface area is 79.9 Å². The Balaban J connectivity index is 4.56. The first-order chi connectivity index (χ1) is 6.41. The van der Waals surface area contributed by atoms with Crippen LogP contribution in [0.2, 0.25) is 0 Å². The third-order valence-electron chi connectivity index (χ3n) is 1.22. The van der Waals surface area contributed by atoms with Crippen molar-refractivity contribution in [2.75, 3.05) is 13.2 Å². The van der Waals surface area contributed by atoms with E-state index in [2.05, 4.69) is 4.74 Å². The number of allylic oxidation sites excluding steroid dienone is 1. The molecule has 0 fully saturated rings. The minimum absolute atomic E-state index is 0.0482. The number of carbonyl (C=O) groups excluding carboxylic acids is 1. The van der Waals surface area contributed by atoms with Gasteiger partial charge in [0.15, 0.2) is 0 Å². The van der Waals surface area contributed by atoms with Crippen LogP contribution in [0, 0.1) is 0 Å². The molecule has 14 heavy (non-hydrogen) atoms. The summed E-state index contributed by atoms with van der Waals surface area (Å²) in [7, 11) is 0. The second-order valence-electron chi connectivity index (χ2n) is 2.34. The van der Waals surface area contributed by atoms with E-state index >= 15 is 0 Å². The number of ether oxygens (including phenoxy) is 1. The lowest BCUT2D eigenvalue weighted by atomic mass is 10.3. The van der Waals surface area contributed by atoms with Crippen LogP contribution in [0.1, 0.15) is 13.8 Å². The molecule has 0 aliphatic carbocycles. The van der Waals surface area contributed by atoms with Crippen LogP contribution < -0.4 is 5.32 Å². The van der Waals surface area contributed by atoms with Crippen molar-refractivity contribution in [2.45, 2.75) is 20.0 Å². The quantitative estimate of drug-likeness (QED) is 0.567. The molecule has 0 saturated carbocycles. The second-order valence-corrected chi connectivity index (χ2v) is 2.34. The van der Waals surface area contributed by atoms with Gasteiger partial charge in [-0.05, 0) is 13.8 Å². The summed E-state index contributed by atoms with van der Waals surface area (Å²) in [4.78, 5) is 10.7. The fraction of sp³-hybridized carbons (Fsp3) is 0.625. The van der Waals surface area contributed by atoms with Gasteiger partial charge < -0.3 is 10.1 Å². The van der Waals surface area contributed by atoms with Crippen molar-refractivity contribution in [3.63, 3.8) is 0 Å². The molecule has 0 aromatic rings. The fourth-order valence-electron chi connectivity index (χ4n) is 0.725. The van der Waals surface area contributed by atoms with Gasteiger partial charge >= 0.3 is 12.1 Å². The van der Waals surface area contributed by atoms with Crippen LogP contribution in [0.25, 0.3) is 0 Å². The number of hydrogen-bond acceptors (Lipinski definition) is 3. The summed E-state index contributed by atoms with van der Waals surface area (Å²) in [6.07, 6.45) is -4.14. The zero-order valence-electron chi connectivity index (χ0n) is 7.94. The minimum Gasteiger partial charge on any atom is -0.463 e. The zero-order chi connectivity index (χ0) is 11.2. The van der Waals surface area contributed by atoms with Crippen molar-refractivity contribution in [2.24, 2.45) is 0 Å². The highest BCUT2D eigenvalue weighted by Gasteiger charge is 2.34. The first kappa shape index (κ1) is 12.8. The van der Waals surface area contributed by atoms with Crippen LogP contribution in [0.4, 0.5) is 13.2 Å². The maximum Gasteiger partial charge on any atom is 0.431 e. The fourth-order valence-corrected chi connectivity index (χ4v) is 0.725. The van der Waals surface area contributed by atoms with E-state index in [1.807, 2.05) is 5.32 Å². The SMILES string of the molecule is CCN/C(=C/C(=O)OCC)C(F)(F)F. The van der Waals surface area contributed by atoms with Gasteiger partial charge in [-0.25, -0.2) is 4.79 Å². The molecule has 0 spiro atoms. The van der Waals surface area contributed by atoms with Crippen molar-refractivity contribution < 1.29 is 22.7 Å². The number of carbonyl (C=O) groups is 1. The monoisotopic (exact) mass is 211 g/mol. The van der Waals surface area contributed by atoms with Gasteiger partial charge in [0.05, 0.1) is 12.7 Å². The van der Waals surface area contributed by atoms with Crippen LogP contribution in [-0.2, 0) is 9.53 Å². The van der Waals surface area contributed by atoms with Crippen molar-refractivity contribution in [3.05, 3.63) is 11.8 Å². The zero-order valence-corrected chi connectivity index (χ0v) is 7.94. The molecule has 1 N–H and O–H groups in total. The maximum absolute atomic E-state index is 12.2. The molecule has 0 aromatic heterocycles. The van der Waals surface area contributed by atoms with Crippen molar-refractivity contribution >= 4 is 5.97 Å². The molecule has 82 valence electrons. The Morgan fingerprint density at radius 3 is 2.36 bits per heavy atom. The Bertz CT molecular complexity index is 223. The molecule has 3 nitrogen and oxygen atoms in total. The van der Waals surface area contributed by atoms with Crippen LogP contribution in [0.3, 0.4) is 0 Å². The predicted octanol–water partition coefficient (Wildman–Crippen LogP) is 1.61. The first-order valence-corrected chi connectivity index (χ1v) is 4.11. The summed E-state index contributed by atoms with van der Waals surface area (Å²) < 4.78 is 40.9. The molecule has 0 heterocycles. The normalized spacial score (nSPS) is 12.5. The molecule has 0 radical (unpaired) electrons. The van der Waals surface area contributed by atoms with Crippen molar-refractivity contribution in [1.29, 1.82) is 0 Å². The van der Waals surface area contributed by atoms with Crippen molar-refractivity contribution in [1.82, 2.24) is 5.32 Å². The summed E-state index contributed by atoms with van der Waals surface area (Å²) in [6, 6.07) is 0. The summed E-state index contributed by atoms with van der Waals surface area (Å²) >= 11 is 0. The van der Waals surface area contributed by atoms with E-state index in [1.54, 1.807) is 0 Å². The summed E-state index contributed by atoms with van der Waals surface area (Å²) in [5, 5.41) is 2.05. The van der Waals surface area contributed by atoms with Gasteiger partial charge in [-0.15, -0.1) is 0 Å². The highest BCUT2D eigenvalue weighted by atomic mass is 19.4. The molecule has 0 rings (SSSR count). The van der Waals surface area contributed by atoms with Crippen LogP contribution in [0.15, 0.2) is 11.8 Å². The van der Waals surface area contributed by atoms with Gasteiger partial charge in [-0.1, -0.05) is 0 Å². The lowest BCUT2D eigenvalue weighted by Crippen LogP contribution is -2.27. The molecule has 0 amide bonds.